The number of nitro benzene ring substituents is 1. The Labute approximate surface area is 207 Å². The highest BCUT2D eigenvalue weighted by atomic mass is 79.9. The number of benzene rings is 1. The van der Waals surface area contributed by atoms with Gasteiger partial charge in [0.1, 0.15) is 5.60 Å². The molecule has 1 amide bonds. The summed E-state index contributed by atoms with van der Waals surface area (Å²) in [4.78, 5) is 24.0. The summed E-state index contributed by atoms with van der Waals surface area (Å²) in [6.45, 7) is 6.22. The standard InChI is InChI=1S/C20H29BrClN3O7S/c1-19(2,3)32-18(26)24-10-8-20(14-21,9-11-24)31-16(12-22)13-23-33(29,30)17-6-4-15(5-7-17)25(27)28/h4-7,16,23H,8-14H2,1-3H3. The predicted molar refractivity (Wildman–Crippen MR) is 127 cm³/mol. The number of amides is 1. The Morgan fingerprint density at radius 1 is 1.30 bits per heavy atom. The van der Waals surface area contributed by atoms with Gasteiger partial charge in [-0.25, -0.2) is 17.9 Å². The smallest absolute Gasteiger partial charge is 0.410 e. The number of hydrogen-bond acceptors (Lipinski definition) is 7. The quantitative estimate of drug-likeness (QED) is 0.273. The summed E-state index contributed by atoms with van der Waals surface area (Å²) in [6.07, 6.45) is 0.0560. The van der Waals surface area contributed by atoms with E-state index >= 15 is 0 Å². The van der Waals surface area contributed by atoms with Gasteiger partial charge in [0.2, 0.25) is 10.0 Å². The van der Waals surface area contributed by atoms with Crippen molar-refractivity contribution in [3.63, 3.8) is 0 Å². The van der Waals surface area contributed by atoms with Crippen LogP contribution in [0.4, 0.5) is 10.5 Å². The van der Waals surface area contributed by atoms with E-state index in [9.17, 15) is 23.3 Å². The van der Waals surface area contributed by atoms with Crippen molar-refractivity contribution < 1.29 is 27.6 Å². The second kappa shape index (κ2) is 11.3. The van der Waals surface area contributed by atoms with Crippen LogP contribution >= 0.6 is 27.5 Å². The van der Waals surface area contributed by atoms with Gasteiger partial charge in [0, 0.05) is 43.0 Å². The maximum Gasteiger partial charge on any atom is 0.410 e. The van der Waals surface area contributed by atoms with E-state index in [1.807, 2.05) is 20.8 Å². The van der Waals surface area contributed by atoms with Crippen molar-refractivity contribution in [1.29, 1.82) is 0 Å². The van der Waals surface area contributed by atoms with Crippen molar-refractivity contribution in [1.82, 2.24) is 9.62 Å². The maximum absolute atomic E-state index is 12.6. The van der Waals surface area contributed by atoms with Gasteiger partial charge in [-0.15, -0.1) is 11.6 Å². The average Bonchev–Trinajstić information content (AvgIpc) is 2.76. The Balaban J connectivity index is 1.97. The van der Waals surface area contributed by atoms with Crippen molar-refractivity contribution in [2.75, 3.05) is 30.8 Å². The molecule has 1 saturated heterocycles. The number of sulfonamides is 1. The van der Waals surface area contributed by atoms with E-state index in [4.69, 9.17) is 21.1 Å². The number of carbonyl (C=O) groups excluding carboxylic acids is 1. The lowest BCUT2D eigenvalue weighted by Crippen LogP contribution is -2.52. The topological polar surface area (TPSA) is 128 Å². The molecule has 0 aliphatic carbocycles. The highest BCUT2D eigenvalue weighted by Crippen LogP contribution is 2.31. The first-order valence-electron chi connectivity index (χ1n) is 10.3. The number of carbonyl (C=O) groups is 1. The van der Waals surface area contributed by atoms with Crippen LogP contribution < -0.4 is 4.72 Å². The number of piperidine rings is 1. The van der Waals surface area contributed by atoms with Crippen LogP contribution in [0.1, 0.15) is 33.6 Å². The first-order chi connectivity index (χ1) is 15.3. The molecule has 1 aliphatic rings. The third kappa shape index (κ3) is 8.06. The summed E-state index contributed by atoms with van der Waals surface area (Å²) in [5.41, 5.74) is -1.40. The average molecular weight is 571 g/mol. The Kier molecular flexibility index (Phi) is 9.51. The van der Waals surface area contributed by atoms with Gasteiger partial charge in [-0.1, -0.05) is 15.9 Å². The number of nitrogens with zero attached hydrogens (tertiary/aromatic N) is 2. The predicted octanol–water partition coefficient (Wildman–Crippen LogP) is 3.66. The monoisotopic (exact) mass is 569 g/mol. The summed E-state index contributed by atoms with van der Waals surface area (Å²) >= 11 is 9.53. The number of alkyl halides is 2. The van der Waals surface area contributed by atoms with E-state index in [0.29, 0.717) is 31.3 Å². The Morgan fingerprint density at radius 3 is 2.33 bits per heavy atom. The van der Waals surface area contributed by atoms with Gasteiger partial charge in [0.25, 0.3) is 5.69 Å². The zero-order valence-electron chi connectivity index (χ0n) is 18.8. The molecule has 0 aromatic heterocycles. The Bertz CT molecular complexity index is 930. The zero-order chi connectivity index (χ0) is 24.9. The number of halogens is 2. The van der Waals surface area contributed by atoms with Crippen LogP contribution in [0.5, 0.6) is 0 Å². The lowest BCUT2D eigenvalue weighted by molar-refractivity contribution is -0.384. The van der Waals surface area contributed by atoms with Crippen molar-refractivity contribution in [3.05, 3.63) is 34.4 Å². The van der Waals surface area contributed by atoms with Crippen LogP contribution in [0.25, 0.3) is 0 Å². The van der Waals surface area contributed by atoms with Crippen LogP contribution in [-0.2, 0) is 19.5 Å². The lowest BCUT2D eigenvalue weighted by Gasteiger charge is -2.42. The molecule has 1 heterocycles. The molecule has 1 aromatic rings. The molecule has 0 radical (unpaired) electrons. The van der Waals surface area contributed by atoms with Gasteiger partial charge < -0.3 is 14.4 Å². The van der Waals surface area contributed by atoms with E-state index in [0.717, 1.165) is 12.1 Å². The largest absolute Gasteiger partial charge is 0.444 e. The number of likely N-dealkylation sites (tertiary alicyclic amines) is 1. The van der Waals surface area contributed by atoms with Crippen molar-refractivity contribution >= 4 is 49.3 Å². The van der Waals surface area contributed by atoms with Crippen LogP contribution in [0.3, 0.4) is 0 Å². The summed E-state index contributed by atoms with van der Waals surface area (Å²) < 4.78 is 39.2. The summed E-state index contributed by atoms with van der Waals surface area (Å²) in [6, 6.07) is 4.59. The molecule has 1 aliphatic heterocycles. The molecule has 0 bridgehead atoms. The van der Waals surface area contributed by atoms with Gasteiger partial charge in [0.15, 0.2) is 0 Å². The fourth-order valence-corrected chi connectivity index (χ4v) is 5.15. The minimum Gasteiger partial charge on any atom is -0.444 e. The highest BCUT2D eigenvalue weighted by Gasteiger charge is 2.39. The number of non-ortho nitro benzene ring substituents is 1. The molecule has 1 aromatic carbocycles. The van der Waals surface area contributed by atoms with E-state index in [1.54, 1.807) is 4.90 Å². The molecule has 186 valence electrons. The van der Waals surface area contributed by atoms with E-state index < -0.39 is 32.3 Å². The Morgan fingerprint density at radius 2 is 1.88 bits per heavy atom. The van der Waals surface area contributed by atoms with Crippen molar-refractivity contribution in [2.24, 2.45) is 0 Å². The summed E-state index contributed by atoms with van der Waals surface area (Å²) in [5.74, 6) is 0.0489. The van der Waals surface area contributed by atoms with Crippen LogP contribution in [0.2, 0.25) is 0 Å². The zero-order valence-corrected chi connectivity index (χ0v) is 21.9. The van der Waals surface area contributed by atoms with Gasteiger partial charge >= 0.3 is 6.09 Å². The van der Waals surface area contributed by atoms with E-state index in [-0.39, 0.29) is 29.1 Å². The molecule has 0 saturated carbocycles. The molecule has 33 heavy (non-hydrogen) atoms. The fraction of sp³-hybridized carbons (Fsp3) is 0.650. The number of nitro groups is 1. The SMILES string of the molecule is CC(C)(C)OC(=O)N1CCC(CBr)(OC(CCl)CNS(=O)(=O)c2ccc([N+](=O)[O-])cc2)CC1. The van der Waals surface area contributed by atoms with Crippen LogP contribution in [-0.4, -0.2) is 72.5 Å². The minimum atomic E-state index is -3.91. The molecule has 2 rings (SSSR count). The number of ether oxygens (including phenoxy) is 2. The highest BCUT2D eigenvalue weighted by molar-refractivity contribution is 9.09. The molecule has 1 fully saturated rings. The second-order valence-electron chi connectivity index (χ2n) is 8.78. The molecule has 1 atom stereocenters. The van der Waals surface area contributed by atoms with E-state index in [2.05, 4.69) is 20.7 Å². The van der Waals surface area contributed by atoms with Crippen LogP contribution in [0.15, 0.2) is 29.2 Å². The minimum absolute atomic E-state index is 0.0489. The maximum atomic E-state index is 12.6. The summed E-state index contributed by atoms with van der Waals surface area (Å²) in [5, 5.41) is 11.2. The fourth-order valence-electron chi connectivity index (χ4n) is 3.22. The number of hydrogen-bond donors (Lipinski definition) is 1. The molecular weight excluding hydrogens is 542 g/mol. The second-order valence-corrected chi connectivity index (χ2v) is 11.4. The molecule has 10 nitrogen and oxygen atoms in total. The van der Waals surface area contributed by atoms with Gasteiger partial charge in [-0.2, -0.15) is 0 Å². The lowest BCUT2D eigenvalue weighted by atomic mass is 9.93. The van der Waals surface area contributed by atoms with Gasteiger partial charge in [0.05, 0.1) is 21.5 Å². The van der Waals surface area contributed by atoms with Crippen molar-refractivity contribution in [2.45, 2.75) is 55.8 Å². The molecule has 13 heteroatoms. The first-order valence-corrected chi connectivity index (χ1v) is 13.5. The molecule has 1 N–H and O–H groups in total. The number of nitrogens with one attached hydrogen (secondary N) is 1. The van der Waals surface area contributed by atoms with Gasteiger partial charge in [-0.05, 0) is 45.7 Å². The van der Waals surface area contributed by atoms with Crippen molar-refractivity contribution in [3.8, 4) is 0 Å². The number of rotatable bonds is 9. The third-order valence-electron chi connectivity index (χ3n) is 5.02. The normalized spacial score (nSPS) is 17.4. The van der Waals surface area contributed by atoms with E-state index in [1.165, 1.54) is 12.1 Å². The first kappa shape index (κ1) is 27.8. The van der Waals surface area contributed by atoms with Crippen LogP contribution in [0, 0.1) is 10.1 Å². The molecule has 0 spiro atoms. The third-order valence-corrected chi connectivity index (χ3v) is 7.82. The summed E-state index contributed by atoms with van der Waals surface area (Å²) in [7, 11) is -3.91. The molecule has 1 unspecified atom stereocenters. The van der Waals surface area contributed by atoms with Gasteiger partial charge in [-0.3, -0.25) is 10.1 Å². The Hall–Kier alpha value is -1.47. The molecular formula is C20H29BrClN3O7S.